The summed E-state index contributed by atoms with van der Waals surface area (Å²) in [7, 11) is 0. The molecule has 4 nitrogen and oxygen atoms in total. The zero-order valence-electron chi connectivity index (χ0n) is 13.4. The van der Waals surface area contributed by atoms with Crippen molar-refractivity contribution < 1.29 is 27.3 Å². The molecule has 0 amide bonds. The number of nitrogens with one attached hydrogen (secondary N) is 2. The van der Waals surface area contributed by atoms with Crippen molar-refractivity contribution in [1.29, 1.82) is 0 Å². The SMILES string of the molecule is C[C@@H]1N[C@@H](CNCC[C]2[CH][CH][CH][CH]2)[C@H](O)[C@@H]1O.[CH]1[CH][CH][CH][CH]1.[Fe+2]. The first-order valence-electron chi connectivity index (χ1n) is 7.88. The van der Waals surface area contributed by atoms with Crippen LogP contribution in [0.2, 0.25) is 0 Å². The van der Waals surface area contributed by atoms with Crippen molar-refractivity contribution in [3.63, 3.8) is 0 Å². The van der Waals surface area contributed by atoms with E-state index in [-0.39, 0.29) is 29.2 Å². The third-order valence-electron chi connectivity index (χ3n) is 3.99. The summed E-state index contributed by atoms with van der Waals surface area (Å²) >= 11 is 0. The molecule has 2 aliphatic carbocycles. The minimum Gasteiger partial charge on any atom is -0.389 e. The summed E-state index contributed by atoms with van der Waals surface area (Å²) in [5.74, 6) is 1.32. The van der Waals surface area contributed by atoms with Crippen molar-refractivity contribution >= 4 is 0 Å². The van der Waals surface area contributed by atoms with Gasteiger partial charge in [0.2, 0.25) is 0 Å². The Balaban J connectivity index is 0.000000377. The van der Waals surface area contributed by atoms with E-state index in [0.29, 0.717) is 6.54 Å². The summed E-state index contributed by atoms with van der Waals surface area (Å²) in [6.07, 6.45) is 18.0. The van der Waals surface area contributed by atoms with Gasteiger partial charge in [0.1, 0.15) is 0 Å². The quantitative estimate of drug-likeness (QED) is 0.426. The van der Waals surface area contributed by atoms with Crippen LogP contribution in [0.15, 0.2) is 0 Å². The number of aliphatic hydroxyl groups excluding tert-OH is 2. The Labute approximate surface area is 152 Å². The van der Waals surface area contributed by atoms with Crippen LogP contribution in [-0.2, 0) is 17.1 Å². The van der Waals surface area contributed by atoms with Gasteiger partial charge in [-0.05, 0) is 83.6 Å². The van der Waals surface area contributed by atoms with Gasteiger partial charge in [0, 0.05) is 18.6 Å². The Morgan fingerprint density at radius 2 is 1.52 bits per heavy atom. The molecular formula is C18H26FeN2O2+2. The van der Waals surface area contributed by atoms with Crippen molar-refractivity contribution in [1.82, 2.24) is 10.6 Å². The maximum atomic E-state index is 9.76. The number of rotatable bonds is 5. The van der Waals surface area contributed by atoms with Crippen molar-refractivity contribution in [3.8, 4) is 0 Å². The molecule has 0 bridgehead atoms. The molecule has 4 atom stereocenters. The number of hydrogen-bond donors (Lipinski definition) is 4. The van der Waals surface area contributed by atoms with Crippen LogP contribution in [0.5, 0.6) is 0 Å². The zero-order valence-corrected chi connectivity index (χ0v) is 14.5. The first-order chi connectivity index (χ1) is 10.7. The van der Waals surface area contributed by atoms with Crippen molar-refractivity contribution in [2.24, 2.45) is 0 Å². The van der Waals surface area contributed by atoms with E-state index >= 15 is 0 Å². The molecule has 3 rings (SSSR count). The van der Waals surface area contributed by atoms with E-state index in [0.717, 1.165) is 13.0 Å². The molecule has 3 aliphatic rings. The van der Waals surface area contributed by atoms with E-state index < -0.39 is 12.2 Å². The molecule has 1 heterocycles. The number of aliphatic hydroxyl groups is 2. The molecule has 126 valence electrons. The molecule has 1 saturated heterocycles. The van der Waals surface area contributed by atoms with Crippen LogP contribution >= 0.6 is 0 Å². The van der Waals surface area contributed by atoms with E-state index in [4.69, 9.17) is 0 Å². The van der Waals surface area contributed by atoms with Gasteiger partial charge in [-0.2, -0.15) is 0 Å². The maximum Gasteiger partial charge on any atom is 2.00 e. The van der Waals surface area contributed by atoms with E-state index in [9.17, 15) is 10.2 Å². The van der Waals surface area contributed by atoms with Gasteiger partial charge < -0.3 is 20.8 Å². The van der Waals surface area contributed by atoms with Crippen LogP contribution < -0.4 is 10.6 Å². The third-order valence-corrected chi connectivity index (χ3v) is 3.99. The molecule has 4 N–H and O–H groups in total. The summed E-state index contributed by atoms with van der Waals surface area (Å²) in [5.41, 5.74) is 0. The number of hydrogen-bond acceptors (Lipinski definition) is 4. The fourth-order valence-electron chi connectivity index (χ4n) is 2.64. The Morgan fingerprint density at radius 3 is 2.00 bits per heavy atom. The van der Waals surface area contributed by atoms with Crippen molar-refractivity contribution in [2.75, 3.05) is 13.1 Å². The first kappa shape index (κ1) is 21.4. The smallest absolute Gasteiger partial charge is 0.389 e. The molecule has 0 aromatic rings. The molecule has 0 spiro atoms. The van der Waals surface area contributed by atoms with Gasteiger partial charge in [0.05, 0.1) is 12.2 Å². The summed E-state index contributed by atoms with van der Waals surface area (Å²) in [4.78, 5) is 0. The second-order valence-corrected chi connectivity index (χ2v) is 5.75. The molecule has 23 heavy (non-hydrogen) atoms. The average molecular weight is 358 g/mol. The van der Waals surface area contributed by atoms with Crippen LogP contribution in [0, 0.1) is 63.7 Å². The van der Waals surface area contributed by atoms with Gasteiger partial charge in [0.25, 0.3) is 0 Å². The molecule has 2 saturated carbocycles. The van der Waals surface area contributed by atoms with Crippen LogP contribution in [0.1, 0.15) is 13.3 Å². The van der Waals surface area contributed by atoms with E-state index in [1.807, 2.05) is 51.9 Å². The summed E-state index contributed by atoms with van der Waals surface area (Å²) in [6.45, 7) is 3.46. The van der Waals surface area contributed by atoms with Gasteiger partial charge in [0.15, 0.2) is 0 Å². The molecule has 1 aliphatic heterocycles. The van der Waals surface area contributed by atoms with Crippen LogP contribution in [0.3, 0.4) is 0 Å². The summed E-state index contributed by atoms with van der Waals surface area (Å²) in [5, 5.41) is 25.8. The van der Waals surface area contributed by atoms with Crippen molar-refractivity contribution in [3.05, 3.63) is 63.7 Å². The first-order valence-corrected chi connectivity index (χ1v) is 7.88. The van der Waals surface area contributed by atoms with E-state index in [1.165, 1.54) is 5.92 Å². The minimum absolute atomic E-state index is 0. The molecule has 3 fully saturated rings. The van der Waals surface area contributed by atoms with Gasteiger partial charge in [-0.25, -0.2) is 0 Å². The Bertz CT molecular complexity index is 289. The van der Waals surface area contributed by atoms with Gasteiger partial charge in [-0.1, -0.05) is 0 Å². The molecule has 0 aromatic heterocycles. The fraction of sp³-hybridized carbons (Fsp3) is 0.444. The molecule has 0 unspecified atom stereocenters. The Hall–Kier alpha value is 0.359. The van der Waals surface area contributed by atoms with Crippen LogP contribution in [0.4, 0.5) is 0 Å². The normalized spacial score (nSPS) is 34.0. The predicted octanol–water partition coefficient (Wildman–Crippen LogP) is 0.472. The predicted molar refractivity (Wildman–Crippen MR) is 87.8 cm³/mol. The molecular weight excluding hydrogens is 332 g/mol. The summed E-state index contributed by atoms with van der Waals surface area (Å²) in [6, 6.07) is -0.0912. The monoisotopic (exact) mass is 358 g/mol. The Kier molecular flexibility index (Phi) is 11.0. The van der Waals surface area contributed by atoms with E-state index in [1.54, 1.807) is 0 Å². The van der Waals surface area contributed by atoms with Gasteiger partial charge >= 0.3 is 17.1 Å². The summed E-state index contributed by atoms with van der Waals surface area (Å²) < 4.78 is 0. The van der Waals surface area contributed by atoms with E-state index in [2.05, 4.69) is 23.5 Å². The standard InChI is InChI=1S/C13H21N2O2.C5H5.Fe/c1-9-12(16)13(17)11(15-9)8-14-7-6-10-4-2-3-5-10;1-2-4-5-3-1;/h2-5,9,11-17H,6-8H2,1H3;1-5H;/q;;+2/t9-,11-,12+,13-;;/m0../s1. The molecule has 5 heteroatoms. The zero-order chi connectivity index (χ0) is 15.8. The largest absolute Gasteiger partial charge is 2.00 e. The third kappa shape index (κ3) is 7.41. The maximum absolute atomic E-state index is 9.76. The molecule has 10 radical (unpaired) electrons. The van der Waals surface area contributed by atoms with Gasteiger partial charge in [-0.3, -0.25) is 0 Å². The van der Waals surface area contributed by atoms with Crippen molar-refractivity contribution in [2.45, 2.75) is 37.6 Å². The van der Waals surface area contributed by atoms with Gasteiger partial charge in [-0.15, -0.1) is 0 Å². The van der Waals surface area contributed by atoms with Crippen LogP contribution in [-0.4, -0.2) is 47.6 Å². The van der Waals surface area contributed by atoms with Crippen LogP contribution in [0.25, 0.3) is 0 Å². The Morgan fingerprint density at radius 1 is 0.957 bits per heavy atom. The average Bonchev–Trinajstić information content (AvgIpc) is 3.26. The second kappa shape index (κ2) is 11.8. The fourth-order valence-corrected chi connectivity index (χ4v) is 2.64. The molecule has 0 aromatic carbocycles. The minimum atomic E-state index is -0.670. The topological polar surface area (TPSA) is 64.5 Å². The second-order valence-electron chi connectivity index (χ2n) is 5.75.